The van der Waals surface area contributed by atoms with Crippen molar-refractivity contribution in [2.24, 2.45) is 0 Å². The van der Waals surface area contributed by atoms with E-state index in [2.05, 4.69) is 0 Å². The molecule has 0 saturated heterocycles. The maximum Gasteiger partial charge on any atom is 0.145 e. The average molecular weight is 205 g/mol. The van der Waals surface area contributed by atoms with Gasteiger partial charge in [0, 0.05) is 13.0 Å². The van der Waals surface area contributed by atoms with Crippen LogP contribution in [0.25, 0.3) is 0 Å². The molecule has 1 N–H and O–H groups in total. The number of halogens is 2. The number of hydrogen-bond donors (Lipinski definition) is 1. The summed E-state index contributed by atoms with van der Waals surface area (Å²) in [5, 5.41) is 8.69. The van der Waals surface area contributed by atoms with Gasteiger partial charge < -0.3 is 5.11 Å². The van der Waals surface area contributed by atoms with Crippen LogP contribution >= 0.6 is 23.2 Å². The molecule has 0 aliphatic heterocycles. The third-order valence-corrected chi connectivity index (χ3v) is 2.44. The van der Waals surface area contributed by atoms with Crippen LogP contribution in [-0.4, -0.2) is 11.7 Å². The van der Waals surface area contributed by atoms with E-state index in [1.54, 1.807) is 0 Å². The van der Waals surface area contributed by atoms with Crippen LogP contribution in [0.4, 0.5) is 0 Å². The summed E-state index contributed by atoms with van der Waals surface area (Å²) >= 11 is 11.9. The molecule has 0 aromatic heterocycles. The van der Waals surface area contributed by atoms with E-state index in [1.165, 1.54) is 0 Å². The second-order valence-electron chi connectivity index (χ2n) is 2.54. The van der Waals surface area contributed by atoms with Crippen LogP contribution in [0.3, 0.4) is 0 Å². The van der Waals surface area contributed by atoms with E-state index in [0.717, 1.165) is 5.56 Å². The predicted molar refractivity (Wildman–Crippen MR) is 51.5 cm³/mol. The van der Waals surface area contributed by atoms with Crippen molar-refractivity contribution in [3.63, 3.8) is 0 Å². The minimum Gasteiger partial charge on any atom is -0.396 e. The largest absolute Gasteiger partial charge is 0.396 e. The number of aliphatic hydroxyl groups is 1. The zero-order valence-corrected chi connectivity index (χ0v) is 8.02. The fraction of sp³-hybridized carbons (Fsp3) is 0.333. The molecule has 0 amide bonds. The summed E-state index contributed by atoms with van der Waals surface area (Å²) in [6.45, 7) is -0.0120. The van der Waals surface area contributed by atoms with Gasteiger partial charge in [-0.25, -0.2) is 0 Å². The molecule has 12 heavy (non-hydrogen) atoms. The Morgan fingerprint density at radius 2 is 1.75 bits per heavy atom. The molecular formula is C9H10Cl2O. The molecule has 1 rings (SSSR count). The van der Waals surface area contributed by atoms with E-state index in [1.807, 2.05) is 30.3 Å². The first-order valence-corrected chi connectivity index (χ1v) is 4.46. The fourth-order valence-corrected chi connectivity index (χ4v) is 1.39. The zero-order valence-electron chi connectivity index (χ0n) is 6.50. The highest BCUT2D eigenvalue weighted by atomic mass is 35.5. The Hall–Kier alpha value is -0.240. The van der Waals surface area contributed by atoms with Crippen LogP contribution in [-0.2, 0) is 4.33 Å². The first-order valence-electron chi connectivity index (χ1n) is 3.71. The van der Waals surface area contributed by atoms with Crippen LogP contribution in [0.2, 0.25) is 0 Å². The van der Waals surface area contributed by atoms with Gasteiger partial charge in [-0.15, -0.1) is 0 Å². The van der Waals surface area contributed by atoms with Crippen molar-refractivity contribution in [2.45, 2.75) is 10.8 Å². The first kappa shape index (κ1) is 9.85. The summed E-state index contributed by atoms with van der Waals surface area (Å²) in [4.78, 5) is 0. The average Bonchev–Trinajstić information content (AvgIpc) is 2.06. The topological polar surface area (TPSA) is 20.2 Å². The van der Waals surface area contributed by atoms with Gasteiger partial charge >= 0.3 is 0 Å². The van der Waals surface area contributed by atoms with E-state index < -0.39 is 4.33 Å². The van der Waals surface area contributed by atoms with Gasteiger partial charge in [-0.2, -0.15) is 0 Å². The minimum atomic E-state index is -0.962. The second kappa shape index (κ2) is 4.13. The molecule has 1 aromatic rings. The van der Waals surface area contributed by atoms with Gasteiger partial charge in [-0.3, -0.25) is 0 Å². The smallest absolute Gasteiger partial charge is 0.145 e. The molecule has 0 bridgehead atoms. The molecule has 0 aliphatic carbocycles. The van der Waals surface area contributed by atoms with Gasteiger partial charge in [0.15, 0.2) is 0 Å². The Kier molecular flexibility index (Phi) is 3.39. The standard InChI is InChI=1S/C9H10Cl2O/c10-9(11,6-7-12)8-4-2-1-3-5-8/h1-5,12H,6-7H2. The maximum absolute atomic E-state index is 8.69. The normalized spacial score (nSPS) is 11.6. The van der Waals surface area contributed by atoms with Crippen molar-refractivity contribution in [3.05, 3.63) is 35.9 Å². The Bertz CT molecular complexity index is 234. The zero-order chi connectivity index (χ0) is 9.03. The van der Waals surface area contributed by atoms with Gasteiger partial charge in [0.2, 0.25) is 0 Å². The fourth-order valence-electron chi connectivity index (χ4n) is 0.967. The van der Waals surface area contributed by atoms with E-state index >= 15 is 0 Å². The lowest BCUT2D eigenvalue weighted by Gasteiger charge is -2.18. The molecule has 0 radical (unpaired) electrons. The van der Waals surface area contributed by atoms with Crippen LogP contribution in [0.1, 0.15) is 12.0 Å². The molecule has 0 fully saturated rings. The monoisotopic (exact) mass is 204 g/mol. The van der Waals surface area contributed by atoms with Gasteiger partial charge in [0.05, 0.1) is 0 Å². The lowest BCUT2D eigenvalue weighted by atomic mass is 10.1. The van der Waals surface area contributed by atoms with E-state index in [9.17, 15) is 0 Å². The van der Waals surface area contributed by atoms with Crippen molar-refractivity contribution < 1.29 is 5.11 Å². The molecule has 0 unspecified atom stereocenters. The molecule has 0 heterocycles. The quantitative estimate of drug-likeness (QED) is 0.752. The Morgan fingerprint density at radius 3 is 2.25 bits per heavy atom. The second-order valence-corrected chi connectivity index (χ2v) is 4.03. The Labute approximate surface area is 81.9 Å². The molecule has 0 spiro atoms. The van der Waals surface area contributed by atoms with Crippen molar-refractivity contribution in [1.82, 2.24) is 0 Å². The van der Waals surface area contributed by atoms with E-state index in [4.69, 9.17) is 28.3 Å². The third-order valence-electron chi connectivity index (χ3n) is 1.62. The van der Waals surface area contributed by atoms with E-state index in [-0.39, 0.29) is 6.61 Å². The summed E-state index contributed by atoms with van der Waals surface area (Å²) in [5.74, 6) is 0. The SMILES string of the molecule is OCCC(Cl)(Cl)c1ccccc1. The molecule has 1 nitrogen and oxygen atoms in total. The van der Waals surface area contributed by atoms with E-state index in [0.29, 0.717) is 6.42 Å². The highest BCUT2D eigenvalue weighted by Crippen LogP contribution is 2.36. The number of benzene rings is 1. The highest BCUT2D eigenvalue weighted by Gasteiger charge is 2.24. The molecule has 3 heteroatoms. The minimum absolute atomic E-state index is 0.0120. The van der Waals surface area contributed by atoms with Crippen LogP contribution in [0.15, 0.2) is 30.3 Å². The maximum atomic E-state index is 8.69. The summed E-state index contributed by atoms with van der Waals surface area (Å²) in [5.41, 5.74) is 0.822. The number of aliphatic hydroxyl groups excluding tert-OH is 1. The van der Waals surface area contributed by atoms with Gasteiger partial charge in [-0.05, 0) is 5.56 Å². The van der Waals surface area contributed by atoms with Crippen molar-refractivity contribution in [3.8, 4) is 0 Å². The van der Waals surface area contributed by atoms with Gasteiger partial charge in [0.1, 0.15) is 4.33 Å². The number of alkyl halides is 2. The van der Waals surface area contributed by atoms with Crippen LogP contribution in [0, 0.1) is 0 Å². The highest BCUT2D eigenvalue weighted by molar-refractivity contribution is 6.48. The lowest BCUT2D eigenvalue weighted by molar-refractivity contribution is 0.281. The van der Waals surface area contributed by atoms with Gasteiger partial charge in [0.25, 0.3) is 0 Å². The van der Waals surface area contributed by atoms with Crippen LogP contribution in [0.5, 0.6) is 0 Å². The summed E-state index contributed by atoms with van der Waals surface area (Å²) in [7, 11) is 0. The summed E-state index contributed by atoms with van der Waals surface area (Å²) in [6.07, 6.45) is 0.347. The number of hydrogen-bond acceptors (Lipinski definition) is 1. The molecule has 0 aliphatic rings. The molecule has 0 saturated carbocycles. The van der Waals surface area contributed by atoms with Crippen molar-refractivity contribution >= 4 is 23.2 Å². The Morgan fingerprint density at radius 1 is 1.17 bits per heavy atom. The number of rotatable bonds is 3. The van der Waals surface area contributed by atoms with Gasteiger partial charge in [-0.1, -0.05) is 53.5 Å². The van der Waals surface area contributed by atoms with Crippen molar-refractivity contribution in [2.75, 3.05) is 6.61 Å². The summed E-state index contributed by atoms with van der Waals surface area (Å²) in [6, 6.07) is 9.32. The molecule has 1 aromatic carbocycles. The molecule has 0 atom stereocenters. The molecular weight excluding hydrogens is 195 g/mol. The predicted octanol–water partition coefficient (Wildman–Crippen LogP) is 2.70. The third kappa shape index (κ3) is 2.37. The van der Waals surface area contributed by atoms with Crippen molar-refractivity contribution in [1.29, 1.82) is 0 Å². The summed E-state index contributed by atoms with van der Waals surface area (Å²) < 4.78 is -0.962. The Balaban J connectivity index is 2.82. The molecule has 66 valence electrons. The first-order chi connectivity index (χ1) is 5.67. The van der Waals surface area contributed by atoms with Crippen LogP contribution < -0.4 is 0 Å². The lowest BCUT2D eigenvalue weighted by Crippen LogP contribution is -2.11.